The molecule has 1 aromatic carbocycles. The van der Waals surface area contributed by atoms with E-state index in [0.29, 0.717) is 12.1 Å². The van der Waals surface area contributed by atoms with Gasteiger partial charge in [0.15, 0.2) is 0 Å². The van der Waals surface area contributed by atoms with E-state index in [0.717, 1.165) is 25.9 Å². The topological polar surface area (TPSA) is 57.3 Å². The van der Waals surface area contributed by atoms with Crippen LogP contribution in [0.1, 0.15) is 64.6 Å². The maximum absolute atomic E-state index is 9.88. The molecule has 0 saturated carbocycles. The number of aliphatic hydroxyl groups excluding tert-OH is 1. The van der Waals surface area contributed by atoms with E-state index in [1.807, 2.05) is 0 Å². The quantitative estimate of drug-likeness (QED) is 0.607. The van der Waals surface area contributed by atoms with Crippen molar-refractivity contribution in [1.29, 1.82) is 0 Å². The number of hydrogen-bond donors (Lipinski definition) is 3. The minimum absolute atomic E-state index is 0.182. The van der Waals surface area contributed by atoms with Crippen molar-refractivity contribution in [3.05, 3.63) is 35.5 Å². The summed E-state index contributed by atoms with van der Waals surface area (Å²) in [5.74, 6) is 0.212. The minimum Gasteiger partial charge on any atom is -0.396 e. The minimum atomic E-state index is -0.421. The van der Waals surface area contributed by atoms with Crippen LogP contribution in [0.2, 0.25) is 0 Å². The molecule has 1 aliphatic heterocycles. The molecular weight excluding hydrogens is 336 g/mol. The third-order valence-corrected chi connectivity index (χ3v) is 6.11. The highest BCUT2D eigenvalue weighted by atomic mass is 16.5. The molecule has 0 fully saturated rings. The zero-order chi connectivity index (χ0) is 19.4. The molecule has 3 N–H and O–H groups in total. The normalized spacial score (nSPS) is 22.1. The Kier molecular flexibility index (Phi) is 6.61. The lowest BCUT2D eigenvalue weighted by Crippen LogP contribution is -2.51. The summed E-state index contributed by atoms with van der Waals surface area (Å²) in [6.45, 7) is 9.78. The molecule has 4 heteroatoms. The van der Waals surface area contributed by atoms with Gasteiger partial charge in [-0.15, -0.1) is 0 Å². The van der Waals surface area contributed by atoms with E-state index in [4.69, 9.17) is 4.74 Å². The molecule has 3 atom stereocenters. The van der Waals surface area contributed by atoms with E-state index >= 15 is 0 Å². The first-order chi connectivity index (χ1) is 13.0. The van der Waals surface area contributed by atoms with Crippen LogP contribution >= 0.6 is 0 Å². The number of aromatic nitrogens is 1. The number of fused-ring (bicyclic) bond motifs is 3. The molecule has 4 nitrogen and oxygen atoms in total. The van der Waals surface area contributed by atoms with Crippen molar-refractivity contribution in [1.82, 2.24) is 10.3 Å². The molecule has 0 amide bonds. The van der Waals surface area contributed by atoms with E-state index in [9.17, 15) is 5.11 Å². The molecule has 0 aliphatic carbocycles. The van der Waals surface area contributed by atoms with Crippen LogP contribution in [-0.4, -0.2) is 35.4 Å². The Morgan fingerprint density at radius 1 is 1.26 bits per heavy atom. The summed E-state index contributed by atoms with van der Waals surface area (Å²) in [6, 6.07) is 9.27. The standard InChI is InChI=1S/C23H36N2O2/c1-5-6-10-21(24-16(2)3)19(12-14-26)23(4)22-18(13-15-27-23)17-9-7-8-11-20(17)25-22/h7-9,11,16,19,21,24-26H,5-6,10,12-15H2,1-4H3. The second-order valence-corrected chi connectivity index (χ2v) is 8.42. The van der Waals surface area contributed by atoms with Crippen LogP contribution in [0.3, 0.4) is 0 Å². The highest BCUT2D eigenvalue weighted by Gasteiger charge is 2.45. The van der Waals surface area contributed by atoms with Crippen LogP contribution in [0.5, 0.6) is 0 Å². The van der Waals surface area contributed by atoms with E-state index in [-0.39, 0.29) is 12.5 Å². The molecule has 3 unspecified atom stereocenters. The van der Waals surface area contributed by atoms with Gasteiger partial charge < -0.3 is 20.1 Å². The maximum atomic E-state index is 9.88. The fourth-order valence-electron chi connectivity index (χ4n) is 4.87. The number of unbranched alkanes of at least 4 members (excludes halogenated alkanes) is 1. The van der Waals surface area contributed by atoms with Gasteiger partial charge in [-0.1, -0.05) is 51.8 Å². The van der Waals surface area contributed by atoms with Crippen molar-refractivity contribution >= 4 is 10.9 Å². The van der Waals surface area contributed by atoms with E-state index in [1.165, 1.54) is 35.0 Å². The van der Waals surface area contributed by atoms with Crippen molar-refractivity contribution < 1.29 is 9.84 Å². The number of aliphatic hydroxyl groups is 1. The number of H-pyrrole nitrogens is 1. The van der Waals surface area contributed by atoms with Gasteiger partial charge in [0.1, 0.15) is 5.60 Å². The lowest BCUT2D eigenvalue weighted by molar-refractivity contribution is -0.108. The first-order valence-electron chi connectivity index (χ1n) is 10.6. The number of hydrogen-bond acceptors (Lipinski definition) is 3. The van der Waals surface area contributed by atoms with Gasteiger partial charge in [-0.05, 0) is 37.8 Å². The van der Waals surface area contributed by atoms with Crippen LogP contribution in [0, 0.1) is 5.92 Å². The summed E-state index contributed by atoms with van der Waals surface area (Å²) in [6.07, 6.45) is 5.14. The van der Waals surface area contributed by atoms with Crippen molar-refractivity contribution in [2.45, 2.75) is 77.5 Å². The summed E-state index contributed by atoms with van der Waals surface area (Å²) in [7, 11) is 0. The number of aromatic amines is 1. The van der Waals surface area contributed by atoms with Gasteiger partial charge >= 0.3 is 0 Å². The van der Waals surface area contributed by atoms with Gasteiger partial charge in [-0.2, -0.15) is 0 Å². The molecule has 27 heavy (non-hydrogen) atoms. The molecule has 0 saturated heterocycles. The second-order valence-electron chi connectivity index (χ2n) is 8.42. The Labute approximate surface area is 163 Å². The number of para-hydroxylation sites is 1. The molecule has 1 aromatic heterocycles. The molecule has 0 bridgehead atoms. The zero-order valence-corrected chi connectivity index (χ0v) is 17.3. The molecule has 150 valence electrons. The predicted octanol–water partition coefficient (Wildman–Crippen LogP) is 4.51. The van der Waals surface area contributed by atoms with Crippen molar-refractivity contribution in [3.8, 4) is 0 Å². The van der Waals surface area contributed by atoms with E-state index in [1.54, 1.807) is 0 Å². The highest BCUT2D eigenvalue weighted by molar-refractivity contribution is 5.85. The number of nitrogens with one attached hydrogen (secondary N) is 2. The summed E-state index contributed by atoms with van der Waals surface area (Å²) in [5, 5.41) is 15.0. The second kappa shape index (κ2) is 8.76. The molecule has 3 rings (SSSR count). The highest BCUT2D eigenvalue weighted by Crippen LogP contribution is 2.44. The summed E-state index contributed by atoms with van der Waals surface area (Å²) >= 11 is 0. The average molecular weight is 373 g/mol. The number of ether oxygens (including phenoxy) is 1. The molecular formula is C23H36N2O2. The Morgan fingerprint density at radius 2 is 2.04 bits per heavy atom. The third kappa shape index (κ3) is 4.08. The maximum Gasteiger partial charge on any atom is 0.110 e. The molecule has 1 aliphatic rings. The van der Waals surface area contributed by atoms with E-state index < -0.39 is 5.60 Å². The van der Waals surface area contributed by atoms with Gasteiger partial charge in [0.05, 0.1) is 12.3 Å². The van der Waals surface area contributed by atoms with Crippen molar-refractivity contribution in [2.24, 2.45) is 5.92 Å². The molecule has 0 spiro atoms. The van der Waals surface area contributed by atoms with Gasteiger partial charge in [0.2, 0.25) is 0 Å². The molecule has 0 radical (unpaired) electrons. The number of rotatable bonds is 9. The van der Waals surface area contributed by atoms with Gasteiger partial charge in [0, 0.05) is 35.5 Å². The lowest BCUT2D eigenvalue weighted by atomic mass is 9.74. The fraction of sp³-hybridized carbons (Fsp3) is 0.652. The van der Waals surface area contributed by atoms with E-state index in [2.05, 4.69) is 62.3 Å². The Balaban J connectivity index is 2.04. The first-order valence-corrected chi connectivity index (χ1v) is 10.6. The van der Waals surface area contributed by atoms with Crippen molar-refractivity contribution in [3.63, 3.8) is 0 Å². The molecule has 2 aromatic rings. The molecule has 2 heterocycles. The van der Waals surface area contributed by atoms with Crippen LogP contribution in [0.4, 0.5) is 0 Å². The smallest absolute Gasteiger partial charge is 0.110 e. The Hall–Kier alpha value is -1.36. The summed E-state index contributed by atoms with van der Waals surface area (Å²) in [4.78, 5) is 3.68. The Morgan fingerprint density at radius 3 is 2.74 bits per heavy atom. The number of benzene rings is 1. The predicted molar refractivity (Wildman–Crippen MR) is 112 cm³/mol. The van der Waals surface area contributed by atoms with Gasteiger partial charge in [-0.3, -0.25) is 0 Å². The fourth-order valence-corrected chi connectivity index (χ4v) is 4.87. The average Bonchev–Trinajstić information content (AvgIpc) is 3.03. The van der Waals surface area contributed by atoms with Crippen LogP contribution < -0.4 is 5.32 Å². The van der Waals surface area contributed by atoms with Crippen LogP contribution in [0.15, 0.2) is 24.3 Å². The van der Waals surface area contributed by atoms with Crippen LogP contribution in [0.25, 0.3) is 10.9 Å². The largest absolute Gasteiger partial charge is 0.396 e. The first kappa shape index (κ1) is 20.4. The summed E-state index contributed by atoms with van der Waals surface area (Å²) in [5.41, 5.74) is 3.36. The van der Waals surface area contributed by atoms with Gasteiger partial charge in [0.25, 0.3) is 0 Å². The monoisotopic (exact) mass is 372 g/mol. The van der Waals surface area contributed by atoms with Gasteiger partial charge in [-0.25, -0.2) is 0 Å². The Bertz CT molecular complexity index is 739. The zero-order valence-electron chi connectivity index (χ0n) is 17.3. The lowest BCUT2D eigenvalue weighted by Gasteiger charge is -2.45. The van der Waals surface area contributed by atoms with Crippen molar-refractivity contribution in [2.75, 3.05) is 13.2 Å². The SMILES string of the molecule is CCCCC(NC(C)C)C(CCO)C1(C)OCCc2c1[nH]c1ccccc21. The summed E-state index contributed by atoms with van der Waals surface area (Å²) < 4.78 is 6.50. The third-order valence-electron chi connectivity index (χ3n) is 6.11. The van der Waals surface area contributed by atoms with Crippen LogP contribution in [-0.2, 0) is 16.8 Å².